The van der Waals surface area contributed by atoms with Gasteiger partial charge in [0.05, 0.1) is 17.6 Å². The molecule has 1 atom stereocenters. The van der Waals surface area contributed by atoms with E-state index < -0.39 is 0 Å². The summed E-state index contributed by atoms with van der Waals surface area (Å²) < 4.78 is 14.0. The van der Waals surface area contributed by atoms with Crippen LogP contribution in [-0.4, -0.2) is 41.3 Å². The second-order valence-electron chi connectivity index (χ2n) is 9.45. The number of hydrogen-bond acceptors (Lipinski definition) is 4. The van der Waals surface area contributed by atoms with Crippen molar-refractivity contribution in [3.05, 3.63) is 72.6 Å². The van der Waals surface area contributed by atoms with E-state index in [1.165, 1.54) is 10.9 Å². The Morgan fingerprint density at radius 2 is 1.86 bits per heavy atom. The number of aryl methyl sites for hydroxylation is 2. The Balaban J connectivity index is 1.12. The number of hydrogen-bond donors (Lipinski definition) is 1. The number of amides is 1. The standard InChI is InChI=1S/C30H35N3O3/c34-30(28-17-9-21-36-28)31-19-7-1-2-18-29-32-25-14-5-6-15-26(25)33(29)20-10-22-35-27-16-8-12-23-11-3-4-13-24(23)27/h3-6,8,11-16,28H,1-2,7,9-10,17-22H2,(H,31,34). The van der Waals surface area contributed by atoms with E-state index in [-0.39, 0.29) is 12.0 Å². The Kier molecular flexibility index (Phi) is 8.13. The van der Waals surface area contributed by atoms with E-state index in [0.29, 0.717) is 19.8 Å². The number of ether oxygens (including phenoxy) is 2. The predicted molar refractivity (Wildman–Crippen MR) is 143 cm³/mol. The molecule has 0 aliphatic carbocycles. The first-order chi connectivity index (χ1) is 17.8. The topological polar surface area (TPSA) is 65.4 Å². The Morgan fingerprint density at radius 3 is 2.78 bits per heavy atom. The van der Waals surface area contributed by atoms with E-state index in [0.717, 1.165) is 74.0 Å². The molecule has 36 heavy (non-hydrogen) atoms. The summed E-state index contributed by atoms with van der Waals surface area (Å²) in [7, 11) is 0. The van der Waals surface area contributed by atoms with Crippen LogP contribution in [0.3, 0.4) is 0 Å². The first kappa shape index (κ1) is 24.3. The number of benzene rings is 3. The summed E-state index contributed by atoms with van der Waals surface area (Å²) in [6.45, 7) is 2.94. The smallest absolute Gasteiger partial charge is 0.249 e. The van der Waals surface area contributed by atoms with Crippen molar-refractivity contribution in [2.75, 3.05) is 19.8 Å². The highest BCUT2D eigenvalue weighted by molar-refractivity contribution is 5.88. The molecule has 1 unspecified atom stereocenters. The van der Waals surface area contributed by atoms with Gasteiger partial charge in [-0.1, -0.05) is 55.0 Å². The maximum Gasteiger partial charge on any atom is 0.249 e. The summed E-state index contributed by atoms with van der Waals surface area (Å²) in [5.74, 6) is 2.11. The quantitative estimate of drug-likeness (QED) is 0.263. The highest BCUT2D eigenvalue weighted by atomic mass is 16.5. The fourth-order valence-corrected chi connectivity index (χ4v) is 4.99. The van der Waals surface area contributed by atoms with Crippen LogP contribution in [0.4, 0.5) is 0 Å². The molecule has 1 amide bonds. The number of nitrogens with one attached hydrogen (secondary N) is 1. The number of aromatic nitrogens is 2. The third-order valence-corrected chi connectivity index (χ3v) is 6.87. The van der Waals surface area contributed by atoms with Gasteiger partial charge >= 0.3 is 0 Å². The van der Waals surface area contributed by atoms with Crippen LogP contribution in [0.5, 0.6) is 5.75 Å². The zero-order chi connectivity index (χ0) is 24.6. The lowest BCUT2D eigenvalue weighted by Gasteiger charge is -2.12. The van der Waals surface area contributed by atoms with Crippen molar-refractivity contribution in [1.82, 2.24) is 14.9 Å². The Morgan fingerprint density at radius 1 is 1.00 bits per heavy atom. The molecule has 4 aromatic rings. The number of fused-ring (bicyclic) bond motifs is 2. The number of imidazole rings is 1. The molecule has 0 spiro atoms. The van der Waals surface area contributed by atoms with Gasteiger partial charge in [-0.2, -0.15) is 0 Å². The molecule has 0 radical (unpaired) electrons. The van der Waals surface area contributed by atoms with Gasteiger partial charge in [-0.15, -0.1) is 0 Å². The molecule has 1 aliphatic heterocycles. The van der Waals surface area contributed by atoms with Gasteiger partial charge in [0, 0.05) is 31.5 Å². The minimum absolute atomic E-state index is 0.0417. The van der Waals surface area contributed by atoms with E-state index in [4.69, 9.17) is 14.5 Å². The maximum atomic E-state index is 12.1. The first-order valence-corrected chi connectivity index (χ1v) is 13.2. The highest BCUT2D eigenvalue weighted by Crippen LogP contribution is 2.25. The van der Waals surface area contributed by atoms with Crippen LogP contribution < -0.4 is 10.1 Å². The van der Waals surface area contributed by atoms with Gasteiger partial charge in [0.1, 0.15) is 17.7 Å². The minimum atomic E-state index is -0.241. The molecule has 3 aromatic carbocycles. The summed E-state index contributed by atoms with van der Waals surface area (Å²) in [5, 5.41) is 5.37. The van der Waals surface area contributed by atoms with Gasteiger partial charge in [-0.3, -0.25) is 4.79 Å². The van der Waals surface area contributed by atoms with Crippen LogP contribution in [0.2, 0.25) is 0 Å². The molecule has 0 bridgehead atoms. The second-order valence-corrected chi connectivity index (χ2v) is 9.45. The number of para-hydroxylation sites is 2. The van der Waals surface area contributed by atoms with Crippen molar-refractivity contribution in [3.63, 3.8) is 0 Å². The fraction of sp³-hybridized carbons (Fsp3) is 0.400. The number of rotatable bonds is 12. The van der Waals surface area contributed by atoms with Gasteiger partial charge in [0.2, 0.25) is 5.91 Å². The zero-order valence-electron chi connectivity index (χ0n) is 20.8. The van der Waals surface area contributed by atoms with Crippen LogP contribution >= 0.6 is 0 Å². The third kappa shape index (κ3) is 5.88. The average molecular weight is 486 g/mol. The van der Waals surface area contributed by atoms with Crippen LogP contribution in [-0.2, 0) is 22.5 Å². The molecular formula is C30H35N3O3. The molecule has 1 saturated heterocycles. The molecule has 1 aromatic heterocycles. The molecule has 5 rings (SSSR count). The molecule has 6 heteroatoms. The van der Waals surface area contributed by atoms with Gasteiger partial charge in [-0.05, 0) is 55.7 Å². The molecule has 6 nitrogen and oxygen atoms in total. The zero-order valence-corrected chi connectivity index (χ0v) is 20.8. The van der Waals surface area contributed by atoms with Crippen molar-refractivity contribution in [1.29, 1.82) is 0 Å². The van der Waals surface area contributed by atoms with E-state index >= 15 is 0 Å². The summed E-state index contributed by atoms with van der Waals surface area (Å²) in [6, 6.07) is 22.9. The summed E-state index contributed by atoms with van der Waals surface area (Å²) in [4.78, 5) is 17.0. The average Bonchev–Trinajstić information content (AvgIpc) is 3.57. The second kappa shape index (κ2) is 12.0. The fourth-order valence-electron chi connectivity index (χ4n) is 4.99. The normalized spacial score (nSPS) is 15.5. The number of unbranched alkanes of at least 4 members (excludes halogenated alkanes) is 2. The van der Waals surface area contributed by atoms with Crippen molar-refractivity contribution in [2.24, 2.45) is 0 Å². The van der Waals surface area contributed by atoms with Gasteiger partial charge < -0.3 is 19.4 Å². The van der Waals surface area contributed by atoms with E-state index in [9.17, 15) is 4.79 Å². The van der Waals surface area contributed by atoms with Crippen molar-refractivity contribution in [3.8, 4) is 5.75 Å². The molecule has 0 saturated carbocycles. The molecule has 1 fully saturated rings. The number of nitrogens with zero attached hydrogens (tertiary/aromatic N) is 2. The number of carbonyl (C=O) groups excluding carboxylic acids is 1. The monoisotopic (exact) mass is 485 g/mol. The molecule has 1 aliphatic rings. The molecule has 1 N–H and O–H groups in total. The van der Waals surface area contributed by atoms with Crippen molar-refractivity contribution >= 4 is 27.7 Å². The first-order valence-electron chi connectivity index (χ1n) is 13.2. The minimum Gasteiger partial charge on any atom is -0.493 e. The maximum absolute atomic E-state index is 12.1. The Bertz CT molecular complexity index is 1290. The third-order valence-electron chi connectivity index (χ3n) is 6.87. The number of carbonyl (C=O) groups is 1. The van der Waals surface area contributed by atoms with Gasteiger partial charge in [0.25, 0.3) is 0 Å². The van der Waals surface area contributed by atoms with E-state index in [1.54, 1.807) is 0 Å². The lowest BCUT2D eigenvalue weighted by Crippen LogP contribution is -2.34. The summed E-state index contributed by atoms with van der Waals surface area (Å²) in [6.07, 6.45) is 6.49. The molecule has 2 heterocycles. The van der Waals surface area contributed by atoms with Crippen LogP contribution in [0.15, 0.2) is 66.7 Å². The van der Waals surface area contributed by atoms with Crippen LogP contribution in [0, 0.1) is 0 Å². The van der Waals surface area contributed by atoms with Crippen LogP contribution in [0.1, 0.15) is 44.3 Å². The largest absolute Gasteiger partial charge is 0.493 e. The van der Waals surface area contributed by atoms with Crippen molar-refractivity contribution < 1.29 is 14.3 Å². The lowest BCUT2D eigenvalue weighted by molar-refractivity contribution is -0.130. The summed E-state index contributed by atoms with van der Waals surface area (Å²) in [5.41, 5.74) is 2.23. The van der Waals surface area contributed by atoms with Crippen LogP contribution in [0.25, 0.3) is 21.8 Å². The Hall–Kier alpha value is -3.38. The van der Waals surface area contributed by atoms with Crippen molar-refractivity contribution in [2.45, 2.75) is 57.6 Å². The van der Waals surface area contributed by atoms with E-state index in [1.807, 2.05) is 18.2 Å². The SMILES string of the molecule is O=C(NCCCCCc1nc2ccccc2n1CCCOc1cccc2ccccc12)C1CCCO1. The predicted octanol–water partition coefficient (Wildman–Crippen LogP) is 5.67. The molecular weight excluding hydrogens is 450 g/mol. The lowest BCUT2D eigenvalue weighted by atomic mass is 10.1. The summed E-state index contributed by atoms with van der Waals surface area (Å²) >= 11 is 0. The Labute approximate surface area is 212 Å². The van der Waals surface area contributed by atoms with E-state index in [2.05, 4.69) is 58.4 Å². The molecule has 188 valence electrons. The highest BCUT2D eigenvalue weighted by Gasteiger charge is 2.22. The van der Waals surface area contributed by atoms with Gasteiger partial charge in [-0.25, -0.2) is 4.98 Å². The van der Waals surface area contributed by atoms with Gasteiger partial charge in [0.15, 0.2) is 0 Å².